The van der Waals surface area contributed by atoms with Gasteiger partial charge in [-0.15, -0.1) is 0 Å². The Morgan fingerprint density at radius 1 is 0.356 bits per heavy atom. The third-order valence-corrected chi connectivity index (χ3v) is 7.45. The number of benzene rings is 3. The molecule has 4 rings (SSSR count). The molecule has 15 heteroatoms. The van der Waals surface area contributed by atoms with Crippen LogP contribution in [0.5, 0.6) is 0 Å². The van der Waals surface area contributed by atoms with E-state index >= 15 is 0 Å². The lowest BCUT2D eigenvalue weighted by atomic mass is 9.99. The normalized spacial score (nSPS) is 16.8. The molecule has 1 saturated carbocycles. The van der Waals surface area contributed by atoms with Gasteiger partial charge in [-0.05, 0) is 68.1 Å². The van der Waals surface area contributed by atoms with Gasteiger partial charge in [0.25, 0.3) is 0 Å². The third kappa shape index (κ3) is 4.90. The molecule has 1 aliphatic carbocycles. The molecule has 0 N–H and O–H groups in total. The predicted molar refractivity (Wildman–Crippen MR) is 131 cm³/mol. The van der Waals surface area contributed by atoms with Crippen LogP contribution in [0.25, 0.3) is 16.7 Å². The summed E-state index contributed by atoms with van der Waals surface area (Å²) in [7, 11) is 0. The molecule has 0 unspecified atom stereocenters. The zero-order chi connectivity index (χ0) is 34.4. The van der Waals surface area contributed by atoms with E-state index in [0.717, 1.165) is 13.8 Å². The van der Waals surface area contributed by atoms with Crippen LogP contribution in [0.3, 0.4) is 0 Å². The molecule has 0 aliphatic heterocycles. The van der Waals surface area contributed by atoms with Crippen molar-refractivity contribution >= 4 is 16.7 Å². The van der Waals surface area contributed by atoms with Gasteiger partial charge in [0.2, 0.25) is 0 Å². The van der Waals surface area contributed by atoms with E-state index in [1.807, 2.05) is 0 Å². The molecule has 0 saturated heterocycles. The summed E-state index contributed by atoms with van der Waals surface area (Å²) in [6.07, 6.45) is -5.93. The molecule has 3 aromatic carbocycles. The van der Waals surface area contributed by atoms with Crippen molar-refractivity contribution in [1.29, 1.82) is 0 Å². The molecule has 0 nitrogen and oxygen atoms in total. The topological polar surface area (TPSA) is 0 Å². The van der Waals surface area contributed by atoms with E-state index in [0.29, 0.717) is 20.8 Å². The molecule has 0 spiro atoms. The standard InChI is InChI=1S/C30H15F15/c1-6(14-22(35)18(31)9(4)19(32)23(14)36)11-12(7(2)15-24(37)20(33)10(5)21(34)25(15)38)13(11)8(3)16-26(39)28(41)17(30(43,44)45)29(42)27(16)40/h1-5H3/b11-6-,12-7?,13-8-. The molecule has 1 aliphatic rings. The largest absolute Gasteiger partial charge is 0.422 e. The van der Waals surface area contributed by atoms with Crippen LogP contribution in [-0.4, -0.2) is 0 Å². The highest BCUT2D eigenvalue weighted by Crippen LogP contribution is 2.57. The van der Waals surface area contributed by atoms with Crippen molar-refractivity contribution < 1.29 is 65.9 Å². The van der Waals surface area contributed by atoms with Crippen LogP contribution in [0.2, 0.25) is 0 Å². The summed E-state index contributed by atoms with van der Waals surface area (Å²) in [6, 6.07) is 0. The lowest BCUT2D eigenvalue weighted by Crippen LogP contribution is -2.16. The Balaban J connectivity index is 2.22. The minimum Gasteiger partial charge on any atom is -0.203 e. The lowest BCUT2D eigenvalue weighted by molar-refractivity contribution is -0.143. The third-order valence-electron chi connectivity index (χ3n) is 7.45. The van der Waals surface area contributed by atoms with Crippen LogP contribution in [-0.2, 0) is 6.18 Å². The molecule has 45 heavy (non-hydrogen) atoms. The van der Waals surface area contributed by atoms with E-state index in [-0.39, 0.29) is 0 Å². The Bertz CT molecular complexity index is 1760. The van der Waals surface area contributed by atoms with Crippen molar-refractivity contribution in [2.75, 3.05) is 0 Å². The molecular weight excluding hydrogens is 645 g/mol. The highest BCUT2D eigenvalue weighted by atomic mass is 19.4. The maximum absolute atomic E-state index is 14.9. The van der Waals surface area contributed by atoms with E-state index in [9.17, 15) is 65.9 Å². The summed E-state index contributed by atoms with van der Waals surface area (Å²) in [6.45, 7) is 3.46. The van der Waals surface area contributed by atoms with Crippen molar-refractivity contribution in [2.45, 2.75) is 40.8 Å². The van der Waals surface area contributed by atoms with E-state index in [1.54, 1.807) is 0 Å². The first-order valence-electron chi connectivity index (χ1n) is 12.3. The van der Waals surface area contributed by atoms with Gasteiger partial charge in [-0.25, -0.2) is 52.7 Å². The van der Waals surface area contributed by atoms with Crippen molar-refractivity contribution in [3.05, 3.63) is 120 Å². The van der Waals surface area contributed by atoms with Gasteiger partial charge in [0.05, 0.1) is 16.7 Å². The first-order chi connectivity index (χ1) is 20.6. The van der Waals surface area contributed by atoms with Crippen molar-refractivity contribution in [3.63, 3.8) is 0 Å². The SMILES string of the molecule is CC(=C1C(=C(\C)c2c(F)c(F)c(C)c(F)c2F)/C1=C(\C)c1c(F)c(F)c(C(F)(F)F)c(F)c1F)c1c(F)c(F)c(C)c(F)c1F. The summed E-state index contributed by atoms with van der Waals surface area (Å²) < 4.78 is 215. The second-order valence-corrected chi connectivity index (χ2v) is 10.0. The van der Waals surface area contributed by atoms with Gasteiger partial charge in [0.15, 0.2) is 69.8 Å². The monoisotopic (exact) mass is 660 g/mol. The molecule has 0 aromatic heterocycles. The fourth-order valence-electron chi connectivity index (χ4n) is 5.04. The zero-order valence-electron chi connectivity index (χ0n) is 23.2. The Labute approximate surface area is 243 Å². The summed E-state index contributed by atoms with van der Waals surface area (Å²) in [5.74, 6) is -26.7. The van der Waals surface area contributed by atoms with Gasteiger partial charge in [-0.1, -0.05) is 0 Å². The van der Waals surface area contributed by atoms with E-state index < -0.39 is 143 Å². The number of hydrogen-bond donors (Lipinski definition) is 0. The number of rotatable bonds is 3. The quantitative estimate of drug-likeness (QED) is 0.194. The Hall–Kier alpha value is -4.17. The van der Waals surface area contributed by atoms with Gasteiger partial charge in [-0.3, -0.25) is 0 Å². The summed E-state index contributed by atoms with van der Waals surface area (Å²) in [5.41, 5.74) is -14.9. The maximum atomic E-state index is 14.9. The molecule has 240 valence electrons. The maximum Gasteiger partial charge on any atom is 0.422 e. The number of allylic oxidation sites excluding steroid dienone is 6. The van der Waals surface area contributed by atoms with Gasteiger partial charge in [0.1, 0.15) is 5.56 Å². The highest BCUT2D eigenvalue weighted by Gasteiger charge is 2.45. The second-order valence-electron chi connectivity index (χ2n) is 10.0. The smallest absolute Gasteiger partial charge is 0.203 e. The molecule has 1 fully saturated rings. The first-order valence-corrected chi connectivity index (χ1v) is 12.3. The summed E-state index contributed by atoms with van der Waals surface area (Å²) in [4.78, 5) is 0. The Morgan fingerprint density at radius 3 is 0.756 bits per heavy atom. The van der Waals surface area contributed by atoms with Crippen LogP contribution in [0.4, 0.5) is 65.9 Å². The summed E-state index contributed by atoms with van der Waals surface area (Å²) >= 11 is 0. The zero-order valence-corrected chi connectivity index (χ0v) is 23.2. The first kappa shape index (κ1) is 33.7. The Kier molecular flexibility index (Phi) is 8.26. The predicted octanol–water partition coefficient (Wildman–Crippen LogP) is 10.7. The number of alkyl halides is 3. The second kappa shape index (κ2) is 11.0. The average molecular weight is 660 g/mol. The molecule has 0 atom stereocenters. The average Bonchev–Trinajstić information content (AvgIpc) is 3.71. The highest BCUT2D eigenvalue weighted by molar-refractivity contribution is 6.05. The van der Waals surface area contributed by atoms with Crippen LogP contribution in [0.1, 0.15) is 54.2 Å². The molecule has 0 heterocycles. The molecule has 3 aromatic rings. The van der Waals surface area contributed by atoms with E-state index in [2.05, 4.69) is 0 Å². The van der Waals surface area contributed by atoms with Crippen molar-refractivity contribution in [1.82, 2.24) is 0 Å². The van der Waals surface area contributed by atoms with E-state index in [1.165, 1.54) is 0 Å². The van der Waals surface area contributed by atoms with Crippen LogP contribution in [0, 0.1) is 83.7 Å². The van der Waals surface area contributed by atoms with Crippen molar-refractivity contribution in [3.8, 4) is 0 Å². The molecule has 0 bridgehead atoms. The van der Waals surface area contributed by atoms with Gasteiger partial charge >= 0.3 is 6.18 Å². The minimum absolute atomic E-state index is 0.628. The molecule has 0 radical (unpaired) electrons. The minimum atomic E-state index is -5.93. The lowest BCUT2D eigenvalue weighted by Gasteiger charge is -2.14. The van der Waals surface area contributed by atoms with Crippen LogP contribution in [0.15, 0.2) is 16.7 Å². The van der Waals surface area contributed by atoms with Crippen molar-refractivity contribution in [2.24, 2.45) is 0 Å². The summed E-state index contributed by atoms with van der Waals surface area (Å²) in [5, 5.41) is 0. The fraction of sp³-hybridized carbons (Fsp3) is 0.200. The molecule has 0 amide bonds. The fourth-order valence-corrected chi connectivity index (χ4v) is 5.04. The Morgan fingerprint density at radius 2 is 0.556 bits per heavy atom. The van der Waals surface area contributed by atoms with Gasteiger partial charge in [-0.2, -0.15) is 13.2 Å². The van der Waals surface area contributed by atoms with Gasteiger partial charge < -0.3 is 0 Å². The molecular formula is C30H15F15. The van der Waals surface area contributed by atoms with Crippen LogP contribution < -0.4 is 0 Å². The van der Waals surface area contributed by atoms with E-state index in [4.69, 9.17) is 0 Å². The number of hydrogen-bond acceptors (Lipinski definition) is 0. The van der Waals surface area contributed by atoms with Gasteiger partial charge in [0, 0.05) is 11.1 Å². The number of halogens is 15. The van der Waals surface area contributed by atoms with Crippen LogP contribution >= 0.6 is 0 Å².